The fourth-order valence-corrected chi connectivity index (χ4v) is 2.89. The first-order valence-corrected chi connectivity index (χ1v) is 8.47. The lowest BCUT2D eigenvalue weighted by molar-refractivity contribution is -0.121. The Labute approximate surface area is 132 Å². The van der Waals surface area contributed by atoms with Crippen molar-refractivity contribution in [2.24, 2.45) is 0 Å². The fraction of sp³-hybridized carbons (Fsp3) is 0.611. The van der Waals surface area contributed by atoms with E-state index in [1.54, 1.807) is 12.1 Å². The number of rotatable bonds is 7. The molecule has 1 aromatic rings. The van der Waals surface area contributed by atoms with Crippen molar-refractivity contribution >= 4 is 5.91 Å². The Morgan fingerprint density at radius 3 is 2.45 bits per heavy atom. The highest BCUT2D eigenvalue weighted by Crippen LogP contribution is 2.09. The minimum absolute atomic E-state index is 0.0835. The molecule has 3 nitrogen and oxygen atoms in total. The van der Waals surface area contributed by atoms with Gasteiger partial charge in [-0.15, -0.1) is 0 Å². The molecule has 4 heteroatoms. The van der Waals surface area contributed by atoms with E-state index < -0.39 is 0 Å². The number of nitrogens with zero attached hydrogens (tertiary/aromatic N) is 1. The molecule has 1 aliphatic heterocycles. The van der Waals surface area contributed by atoms with Crippen molar-refractivity contribution in [3.8, 4) is 0 Å². The van der Waals surface area contributed by atoms with Gasteiger partial charge in [0.2, 0.25) is 5.91 Å². The maximum absolute atomic E-state index is 12.8. The Morgan fingerprint density at radius 1 is 1.09 bits per heavy atom. The van der Waals surface area contributed by atoms with Gasteiger partial charge >= 0.3 is 0 Å². The zero-order chi connectivity index (χ0) is 15.6. The minimum atomic E-state index is -0.235. The second kappa shape index (κ2) is 9.57. The van der Waals surface area contributed by atoms with E-state index in [0.29, 0.717) is 12.8 Å². The number of carbonyl (C=O) groups is 1. The topological polar surface area (TPSA) is 32.3 Å². The normalized spacial score (nSPS) is 16.2. The largest absolute Gasteiger partial charge is 0.356 e. The van der Waals surface area contributed by atoms with Gasteiger partial charge < -0.3 is 10.2 Å². The summed E-state index contributed by atoms with van der Waals surface area (Å²) >= 11 is 0. The summed E-state index contributed by atoms with van der Waals surface area (Å²) in [6, 6.07) is 6.35. The summed E-state index contributed by atoms with van der Waals surface area (Å²) in [5.74, 6) is -0.151. The molecule has 0 radical (unpaired) electrons. The van der Waals surface area contributed by atoms with Crippen molar-refractivity contribution in [1.82, 2.24) is 10.2 Å². The molecule has 1 N–H and O–H groups in total. The average Bonchev–Trinajstić information content (AvgIpc) is 2.80. The van der Waals surface area contributed by atoms with Crippen LogP contribution in [0.5, 0.6) is 0 Å². The number of benzene rings is 1. The van der Waals surface area contributed by atoms with Crippen molar-refractivity contribution in [2.75, 3.05) is 26.2 Å². The number of likely N-dealkylation sites (tertiary alicyclic amines) is 1. The monoisotopic (exact) mass is 306 g/mol. The quantitative estimate of drug-likeness (QED) is 0.785. The van der Waals surface area contributed by atoms with Crippen LogP contribution in [-0.4, -0.2) is 37.0 Å². The Hall–Kier alpha value is -1.42. The van der Waals surface area contributed by atoms with Gasteiger partial charge in [-0.05, 0) is 63.0 Å². The first-order chi connectivity index (χ1) is 10.7. The van der Waals surface area contributed by atoms with Crippen molar-refractivity contribution in [3.05, 3.63) is 35.6 Å². The number of amides is 1. The van der Waals surface area contributed by atoms with Gasteiger partial charge in [0.05, 0.1) is 0 Å². The van der Waals surface area contributed by atoms with Crippen LogP contribution in [0.3, 0.4) is 0 Å². The molecule has 1 aromatic carbocycles. The van der Waals surface area contributed by atoms with E-state index in [4.69, 9.17) is 0 Å². The molecule has 122 valence electrons. The second-order valence-electron chi connectivity index (χ2n) is 6.09. The Bertz CT molecular complexity index is 439. The lowest BCUT2D eigenvalue weighted by Crippen LogP contribution is -2.30. The summed E-state index contributed by atoms with van der Waals surface area (Å²) in [5, 5.41) is 2.98. The standard InChI is InChI=1S/C18H27FN2O/c19-17-9-6-16(7-10-17)8-11-18(22)20-12-5-15-21-13-3-1-2-4-14-21/h6-7,9-10H,1-5,8,11-15H2,(H,20,22). The smallest absolute Gasteiger partial charge is 0.220 e. The summed E-state index contributed by atoms with van der Waals surface area (Å²) in [4.78, 5) is 14.3. The first kappa shape index (κ1) is 16.9. The highest BCUT2D eigenvalue weighted by molar-refractivity contribution is 5.76. The van der Waals surface area contributed by atoms with Crippen LogP contribution in [0.4, 0.5) is 4.39 Å². The molecular weight excluding hydrogens is 279 g/mol. The molecule has 0 aromatic heterocycles. The SMILES string of the molecule is O=C(CCc1ccc(F)cc1)NCCCN1CCCCCC1. The summed E-state index contributed by atoms with van der Waals surface area (Å²) in [7, 11) is 0. The third-order valence-corrected chi connectivity index (χ3v) is 4.23. The van der Waals surface area contributed by atoms with E-state index in [9.17, 15) is 9.18 Å². The van der Waals surface area contributed by atoms with Gasteiger partial charge in [-0.3, -0.25) is 4.79 Å². The third-order valence-electron chi connectivity index (χ3n) is 4.23. The van der Waals surface area contributed by atoms with E-state index in [1.807, 2.05) is 0 Å². The van der Waals surface area contributed by atoms with Gasteiger partial charge in [-0.25, -0.2) is 4.39 Å². The lowest BCUT2D eigenvalue weighted by Gasteiger charge is -2.19. The number of hydrogen-bond donors (Lipinski definition) is 1. The summed E-state index contributed by atoms with van der Waals surface area (Å²) in [6.07, 6.45) is 7.48. The zero-order valence-corrected chi connectivity index (χ0v) is 13.3. The van der Waals surface area contributed by atoms with Crippen molar-refractivity contribution in [1.29, 1.82) is 0 Å². The molecular formula is C18H27FN2O. The van der Waals surface area contributed by atoms with Crippen molar-refractivity contribution in [2.45, 2.75) is 44.9 Å². The predicted octanol–water partition coefficient (Wildman–Crippen LogP) is 3.14. The van der Waals surface area contributed by atoms with E-state index in [-0.39, 0.29) is 11.7 Å². The second-order valence-corrected chi connectivity index (χ2v) is 6.09. The van der Waals surface area contributed by atoms with E-state index >= 15 is 0 Å². The third kappa shape index (κ3) is 6.56. The number of nitrogens with one attached hydrogen (secondary N) is 1. The highest BCUT2D eigenvalue weighted by atomic mass is 19.1. The van der Waals surface area contributed by atoms with Gasteiger partial charge in [0.25, 0.3) is 0 Å². The van der Waals surface area contributed by atoms with Gasteiger partial charge in [-0.1, -0.05) is 25.0 Å². The molecule has 0 saturated carbocycles. The van der Waals surface area contributed by atoms with E-state index in [2.05, 4.69) is 10.2 Å². The molecule has 2 rings (SSSR count). The molecule has 0 unspecified atom stereocenters. The Balaban J connectivity index is 1.54. The van der Waals surface area contributed by atoms with Crippen molar-refractivity contribution in [3.63, 3.8) is 0 Å². The van der Waals surface area contributed by atoms with Crippen LogP contribution in [0.25, 0.3) is 0 Å². The molecule has 1 heterocycles. The fourth-order valence-electron chi connectivity index (χ4n) is 2.89. The molecule has 0 bridgehead atoms. The molecule has 0 atom stereocenters. The number of hydrogen-bond acceptors (Lipinski definition) is 2. The minimum Gasteiger partial charge on any atom is -0.356 e. The molecule has 22 heavy (non-hydrogen) atoms. The molecule has 1 saturated heterocycles. The van der Waals surface area contributed by atoms with Crippen molar-refractivity contribution < 1.29 is 9.18 Å². The van der Waals surface area contributed by atoms with Crippen LogP contribution < -0.4 is 5.32 Å². The van der Waals surface area contributed by atoms with E-state index in [1.165, 1.54) is 50.9 Å². The first-order valence-electron chi connectivity index (χ1n) is 8.47. The predicted molar refractivity (Wildman–Crippen MR) is 87.3 cm³/mol. The number of halogens is 1. The Kier molecular flexibility index (Phi) is 7.37. The zero-order valence-electron chi connectivity index (χ0n) is 13.3. The lowest BCUT2D eigenvalue weighted by atomic mass is 10.1. The maximum atomic E-state index is 12.8. The summed E-state index contributed by atoms with van der Waals surface area (Å²) < 4.78 is 12.8. The van der Waals surface area contributed by atoms with E-state index in [0.717, 1.165) is 25.1 Å². The van der Waals surface area contributed by atoms with Crippen LogP contribution in [0.15, 0.2) is 24.3 Å². The molecule has 0 spiro atoms. The van der Waals surface area contributed by atoms with Gasteiger partial charge in [0.1, 0.15) is 5.82 Å². The number of carbonyl (C=O) groups excluding carboxylic acids is 1. The van der Waals surface area contributed by atoms with Crippen LogP contribution in [0, 0.1) is 5.82 Å². The highest BCUT2D eigenvalue weighted by Gasteiger charge is 2.08. The molecule has 1 aliphatic rings. The Morgan fingerprint density at radius 2 is 1.77 bits per heavy atom. The van der Waals surface area contributed by atoms with Gasteiger partial charge in [-0.2, -0.15) is 0 Å². The van der Waals surface area contributed by atoms with Crippen LogP contribution >= 0.6 is 0 Å². The van der Waals surface area contributed by atoms with Crippen LogP contribution in [0.1, 0.15) is 44.1 Å². The van der Waals surface area contributed by atoms with Gasteiger partial charge in [0, 0.05) is 13.0 Å². The summed E-state index contributed by atoms with van der Waals surface area (Å²) in [5.41, 5.74) is 1.00. The number of aryl methyl sites for hydroxylation is 1. The maximum Gasteiger partial charge on any atom is 0.220 e. The average molecular weight is 306 g/mol. The van der Waals surface area contributed by atoms with Gasteiger partial charge in [0.15, 0.2) is 0 Å². The molecule has 1 fully saturated rings. The van der Waals surface area contributed by atoms with Crippen LogP contribution in [-0.2, 0) is 11.2 Å². The molecule has 1 amide bonds. The van der Waals surface area contributed by atoms with Crippen LogP contribution in [0.2, 0.25) is 0 Å². The molecule has 0 aliphatic carbocycles. The summed E-state index contributed by atoms with van der Waals surface area (Å²) in [6.45, 7) is 4.24.